The molecule has 1 aliphatic carbocycles. The Labute approximate surface area is 198 Å². The Kier molecular flexibility index (Phi) is 5.19. The fraction of sp³-hybridized carbons (Fsp3) is 0.259. The number of nitrogens with one attached hydrogen (secondary N) is 1. The van der Waals surface area contributed by atoms with Gasteiger partial charge in [0.15, 0.2) is 0 Å². The molecule has 0 bridgehead atoms. The van der Waals surface area contributed by atoms with E-state index in [4.69, 9.17) is 10.7 Å². The first-order valence-corrected chi connectivity index (χ1v) is 11.8. The number of nitrogens with two attached hydrogens (primary N) is 1. The van der Waals surface area contributed by atoms with Crippen molar-refractivity contribution in [2.75, 3.05) is 0 Å². The summed E-state index contributed by atoms with van der Waals surface area (Å²) in [6.07, 6.45) is 12.2. The Balaban J connectivity index is 1.35. The largest absolute Gasteiger partial charge is 0.344 e. The molecule has 1 fully saturated rings. The zero-order valence-electron chi connectivity index (χ0n) is 19.1. The first kappa shape index (κ1) is 20.7. The number of aromatic nitrogens is 6. The summed E-state index contributed by atoms with van der Waals surface area (Å²) in [4.78, 5) is 17.2. The van der Waals surface area contributed by atoms with Crippen molar-refractivity contribution in [2.45, 2.75) is 44.7 Å². The average Bonchev–Trinajstić information content (AvgIpc) is 3.54. The molecule has 170 valence electrons. The fourth-order valence-electron chi connectivity index (χ4n) is 4.97. The molecule has 4 heterocycles. The van der Waals surface area contributed by atoms with Gasteiger partial charge in [0.05, 0.1) is 35.5 Å². The SMILES string of the molecule is Cc1cccc(-c2nc[nH]c2-c2ccc3ncc(-c4cnn([C@H]5CCCC[C@@H]5N)c4)cc3c2)n1. The highest BCUT2D eigenvalue weighted by atomic mass is 15.3. The Bertz CT molecular complexity index is 1460. The van der Waals surface area contributed by atoms with Crippen molar-refractivity contribution in [1.82, 2.24) is 29.7 Å². The third-order valence-corrected chi connectivity index (χ3v) is 6.80. The topological polar surface area (TPSA) is 98.3 Å². The number of imidazole rings is 1. The van der Waals surface area contributed by atoms with Crippen LogP contribution in [0.3, 0.4) is 0 Å². The number of hydrogen-bond donors (Lipinski definition) is 2. The van der Waals surface area contributed by atoms with E-state index < -0.39 is 0 Å². The van der Waals surface area contributed by atoms with Gasteiger partial charge in [0.25, 0.3) is 0 Å². The van der Waals surface area contributed by atoms with Crippen LogP contribution in [0.1, 0.15) is 37.4 Å². The molecule has 0 radical (unpaired) electrons. The van der Waals surface area contributed by atoms with Gasteiger partial charge in [-0.2, -0.15) is 5.10 Å². The number of benzene rings is 1. The highest BCUT2D eigenvalue weighted by Gasteiger charge is 2.24. The summed E-state index contributed by atoms with van der Waals surface area (Å²) in [5.74, 6) is 0. The maximum atomic E-state index is 6.37. The van der Waals surface area contributed by atoms with Gasteiger partial charge >= 0.3 is 0 Å². The Morgan fingerprint density at radius 2 is 1.85 bits per heavy atom. The molecule has 7 heteroatoms. The van der Waals surface area contributed by atoms with Gasteiger partial charge in [-0.15, -0.1) is 0 Å². The molecule has 1 saturated carbocycles. The van der Waals surface area contributed by atoms with Crippen LogP contribution in [0.25, 0.3) is 44.7 Å². The third-order valence-electron chi connectivity index (χ3n) is 6.80. The van der Waals surface area contributed by atoms with Gasteiger partial charge in [-0.1, -0.05) is 25.0 Å². The van der Waals surface area contributed by atoms with Crippen LogP contribution in [-0.4, -0.2) is 35.8 Å². The van der Waals surface area contributed by atoms with Crippen molar-refractivity contribution in [3.05, 3.63) is 73.1 Å². The second-order valence-corrected chi connectivity index (χ2v) is 9.15. The molecule has 0 saturated heterocycles. The fourth-order valence-corrected chi connectivity index (χ4v) is 4.97. The standard InChI is InChI=1S/C27H27N7/c1-17-5-4-7-24(33-17)27-26(30-16-31-27)18-9-10-23-19(11-18)12-20(13-29-23)21-14-32-34(15-21)25-8-3-2-6-22(25)28/h4-5,7,9-16,22,25H,2-3,6,8,28H2,1H3,(H,30,31)/t22-,25-/m0/s1. The van der Waals surface area contributed by atoms with E-state index in [1.165, 1.54) is 12.8 Å². The second-order valence-electron chi connectivity index (χ2n) is 9.15. The van der Waals surface area contributed by atoms with Crippen LogP contribution < -0.4 is 5.73 Å². The summed E-state index contributed by atoms with van der Waals surface area (Å²) in [6.45, 7) is 1.99. The molecular formula is C27H27N7. The van der Waals surface area contributed by atoms with E-state index in [-0.39, 0.29) is 12.1 Å². The minimum Gasteiger partial charge on any atom is -0.344 e. The van der Waals surface area contributed by atoms with Gasteiger partial charge in [0.2, 0.25) is 0 Å². The number of nitrogens with zero attached hydrogens (tertiary/aromatic N) is 5. The lowest BCUT2D eigenvalue weighted by Gasteiger charge is -2.28. The van der Waals surface area contributed by atoms with Crippen molar-refractivity contribution in [2.24, 2.45) is 5.73 Å². The normalized spacial score (nSPS) is 18.4. The van der Waals surface area contributed by atoms with Crippen LogP contribution in [0, 0.1) is 6.92 Å². The molecule has 3 N–H and O–H groups in total. The Hall–Kier alpha value is -3.84. The monoisotopic (exact) mass is 449 g/mol. The summed E-state index contributed by atoms with van der Waals surface area (Å²) in [6, 6.07) is 14.9. The zero-order valence-corrected chi connectivity index (χ0v) is 19.1. The zero-order chi connectivity index (χ0) is 23.1. The molecule has 2 atom stereocenters. The average molecular weight is 450 g/mol. The smallest absolute Gasteiger partial charge is 0.114 e. The highest BCUT2D eigenvalue weighted by Crippen LogP contribution is 2.32. The summed E-state index contributed by atoms with van der Waals surface area (Å²) >= 11 is 0. The maximum absolute atomic E-state index is 6.37. The molecule has 5 aromatic rings. The van der Waals surface area contributed by atoms with Crippen molar-refractivity contribution in [1.29, 1.82) is 0 Å². The molecule has 1 aromatic carbocycles. The summed E-state index contributed by atoms with van der Waals surface area (Å²) in [5.41, 5.74) is 14.1. The minimum absolute atomic E-state index is 0.172. The molecule has 4 aromatic heterocycles. The van der Waals surface area contributed by atoms with E-state index in [0.29, 0.717) is 0 Å². The number of fused-ring (bicyclic) bond motifs is 1. The summed E-state index contributed by atoms with van der Waals surface area (Å²) in [7, 11) is 0. The van der Waals surface area contributed by atoms with E-state index in [2.05, 4.69) is 44.4 Å². The molecule has 7 nitrogen and oxygen atoms in total. The van der Waals surface area contributed by atoms with Crippen LogP contribution >= 0.6 is 0 Å². The van der Waals surface area contributed by atoms with Crippen molar-refractivity contribution >= 4 is 10.9 Å². The molecule has 34 heavy (non-hydrogen) atoms. The lowest BCUT2D eigenvalue weighted by atomic mass is 9.91. The number of pyridine rings is 2. The lowest BCUT2D eigenvalue weighted by molar-refractivity contribution is 0.286. The number of hydrogen-bond acceptors (Lipinski definition) is 5. The van der Waals surface area contributed by atoms with E-state index in [9.17, 15) is 0 Å². The van der Waals surface area contributed by atoms with Gasteiger partial charge in [0.1, 0.15) is 5.69 Å². The van der Waals surface area contributed by atoms with E-state index in [1.54, 1.807) is 6.33 Å². The number of aryl methyl sites for hydroxylation is 1. The van der Waals surface area contributed by atoms with Gasteiger partial charge in [-0.3, -0.25) is 14.6 Å². The predicted octanol–water partition coefficient (Wildman–Crippen LogP) is 5.30. The van der Waals surface area contributed by atoms with Gasteiger partial charge in [0, 0.05) is 46.2 Å². The van der Waals surface area contributed by atoms with E-state index >= 15 is 0 Å². The second kappa shape index (κ2) is 8.50. The first-order valence-electron chi connectivity index (χ1n) is 11.8. The maximum Gasteiger partial charge on any atom is 0.114 e. The first-order chi connectivity index (χ1) is 16.7. The van der Waals surface area contributed by atoms with Crippen LogP contribution in [0.2, 0.25) is 0 Å². The van der Waals surface area contributed by atoms with Crippen LogP contribution in [0.15, 0.2) is 67.4 Å². The summed E-state index contributed by atoms with van der Waals surface area (Å²) < 4.78 is 2.05. The van der Waals surface area contributed by atoms with Crippen molar-refractivity contribution in [3.63, 3.8) is 0 Å². The van der Waals surface area contributed by atoms with Gasteiger partial charge in [-0.25, -0.2) is 4.98 Å². The molecule has 0 unspecified atom stereocenters. The van der Waals surface area contributed by atoms with Crippen LogP contribution in [0.5, 0.6) is 0 Å². The predicted molar refractivity (Wildman–Crippen MR) is 134 cm³/mol. The van der Waals surface area contributed by atoms with Crippen LogP contribution in [0.4, 0.5) is 0 Å². The molecule has 1 aliphatic rings. The summed E-state index contributed by atoms with van der Waals surface area (Å²) in [5, 5.41) is 5.71. The number of aromatic amines is 1. The molecule has 0 spiro atoms. The molecule has 0 amide bonds. The van der Waals surface area contributed by atoms with E-state index in [0.717, 1.165) is 63.2 Å². The van der Waals surface area contributed by atoms with E-state index in [1.807, 2.05) is 48.3 Å². The number of rotatable bonds is 4. The Morgan fingerprint density at radius 3 is 2.74 bits per heavy atom. The molecular weight excluding hydrogens is 422 g/mol. The van der Waals surface area contributed by atoms with Crippen molar-refractivity contribution in [3.8, 4) is 33.8 Å². The minimum atomic E-state index is 0.172. The van der Waals surface area contributed by atoms with Gasteiger partial charge < -0.3 is 10.7 Å². The number of H-pyrrole nitrogens is 1. The van der Waals surface area contributed by atoms with Gasteiger partial charge in [-0.05, 0) is 50.1 Å². The quantitative estimate of drug-likeness (QED) is 0.388. The molecule has 0 aliphatic heterocycles. The third kappa shape index (κ3) is 3.78. The van der Waals surface area contributed by atoms with Crippen LogP contribution in [-0.2, 0) is 0 Å². The Morgan fingerprint density at radius 1 is 0.971 bits per heavy atom. The lowest BCUT2D eigenvalue weighted by Crippen LogP contribution is -2.35. The molecule has 6 rings (SSSR count). The highest BCUT2D eigenvalue weighted by molar-refractivity contribution is 5.89. The van der Waals surface area contributed by atoms with Crippen molar-refractivity contribution < 1.29 is 0 Å².